The Bertz CT molecular complexity index is 354. The first-order valence-corrected chi connectivity index (χ1v) is 4.04. The third-order valence-electron chi connectivity index (χ3n) is 1.84. The highest BCUT2D eigenvalue weighted by Crippen LogP contribution is 2.16. The van der Waals surface area contributed by atoms with Crippen LogP contribution in [0, 0.1) is 5.82 Å². The highest BCUT2D eigenvalue weighted by atomic mass is 19.1. The number of carboxylic acids is 1. The summed E-state index contributed by atoms with van der Waals surface area (Å²) in [6.45, 7) is 0. The van der Waals surface area contributed by atoms with Crippen molar-refractivity contribution in [2.45, 2.75) is 12.5 Å². The molecule has 0 aliphatic rings. The van der Waals surface area contributed by atoms with Crippen molar-refractivity contribution >= 4 is 5.97 Å². The van der Waals surface area contributed by atoms with E-state index in [0.717, 1.165) is 6.07 Å². The van der Waals surface area contributed by atoms with E-state index in [1.165, 1.54) is 12.1 Å². The third kappa shape index (κ3) is 2.43. The molecule has 5 heteroatoms. The number of phenols is 1. The molecule has 1 atom stereocenters. The van der Waals surface area contributed by atoms with Gasteiger partial charge in [0.25, 0.3) is 0 Å². The largest absolute Gasteiger partial charge is 0.508 e. The van der Waals surface area contributed by atoms with Gasteiger partial charge in [0.2, 0.25) is 0 Å². The molecule has 5 N–H and O–H groups in total. The lowest BCUT2D eigenvalue weighted by Gasteiger charge is -2.05. The highest BCUT2D eigenvalue weighted by Gasteiger charge is 2.18. The average Bonchev–Trinajstić information content (AvgIpc) is 2.11. The van der Waals surface area contributed by atoms with E-state index in [1.54, 1.807) is 0 Å². The second kappa shape index (κ2) is 4.06. The number of halogens is 1. The Labute approximate surface area is 79.8 Å². The topological polar surface area (TPSA) is 85.2 Å². The molecule has 76 valence electrons. The zero-order chi connectivity index (χ0) is 10.7. The predicted molar refractivity (Wildman–Crippen MR) is 46.1 cm³/mol. The van der Waals surface area contributed by atoms with E-state index in [4.69, 9.17) is 10.2 Å². The molecule has 0 aliphatic carbocycles. The lowest BCUT2D eigenvalue weighted by Crippen LogP contribution is -2.66. The molecule has 0 aromatic heterocycles. The number of carbonyl (C=O) groups is 1. The van der Waals surface area contributed by atoms with E-state index < -0.39 is 17.8 Å². The van der Waals surface area contributed by atoms with Crippen molar-refractivity contribution in [1.82, 2.24) is 0 Å². The van der Waals surface area contributed by atoms with Gasteiger partial charge in [-0.25, -0.2) is 9.18 Å². The summed E-state index contributed by atoms with van der Waals surface area (Å²) in [6.07, 6.45) is -0.0322. The Morgan fingerprint density at radius 1 is 1.57 bits per heavy atom. The number of hydrogen-bond acceptors (Lipinski definition) is 2. The third-order valence-corrected chi connectivity index (χ3v) is 1.84. The normalized spacial score (nSPS) is 12.4. The molecule has 14 heavy (non-hydrogen) atoms. The van der Waals surface area contributed by atoms with Crippen molar-refractivity contribution in [3.8, 4) is 5.75 Å². The summed E-state index contributed by atoms with van der Waals surface area (Å²) >= 11 is 0. The van der Waals surface area contributed by atoms with Crippen LogP contribution in [0.3, 0.4) is 0 Å². The number of rotatable bonds is 3. The fourth-order valence-electron chi connectivity index (χ4n) is 1.07. The molecule has 1 aromatic carbocycles. The summed E-state index contributed by atoms with van der Waals surface area (Å²) in [7, 11) is 0. The average molecular weight is 200 g/mol. The molecule has 0 amide bonds. The van der Waals surface area contributed by atoms with Crippen LogP contribution in [0.2, 0.25) is 0 Å². The molecule has 0 fully saturated rings. The van der Waals surface area contributed by atoms with E-state index in [1.807, 2.05) is 0 Å². The molecule has 0 bridgehead atoms. The summed E-state index contributed by atoms with van der Waals surface area (Å²) in [5, 5.41) is 17.6. The Hall–Kier alpha value is -1.62. The Kier molecular flexibility index (Phi) is 3.03. The lowest BCUT2D eigenvalue weighted by molar-refractivity contribution is -0.407. The van der Waals surface area contributed by atoms with E-state index in [9.17, 15) is 9.18 Å². The minimum absolute atomic E-state index is 0.0322. The first-order chi connectivity index (χ1) is 6.50. The highest BCUT2D eigenvalue weighted by molar-refractivity contribution is 5.71. The molecular formula is C9H11FNO3+. The van der Waals surface area contributed by atoms with Gasteiger partial charge < -0.3 is 15.9 Å². The molecule has 0 spiro atoms. The van der Waals surface area contributed by atoms with Gasteiger partial charge in [-0.2, -0.15) is 0 Å². The van der Waals surface area contributed by atoms with Gasteiger partial charge in [0, 0.05) is 6.42 Å². The molecule has 4 nitrogen and oxygen atoms in total. The fraction of sp³-hybridized carbons (Fsp3) is 0.222. The number of phenolic OH excluding ortho intramolecular Hbond substituents is 1. The maximum absolute atomic E-state index is 13.1. The van der Waals surface area contributed by atoms with Crippen LogP contribution in [0.5, 0.6) is 5.75 Å². The fourth-order valence-corrected chi connectivity index (χ4v) is 1.07. The minimum Gasteiger partial charge on any atom is -0.508 e. The van der Waals surface area contributed by atoms with Crippen LogP contribution in [0.25, 0.3) is 0 Å². The standard InChI is InChI=1S/C9H10FNO3/c10-7-2-1-6(12)3-5(7)4-8(11)9(13)14/h1-3,8,12H,4,11H2,(H,13,14)/p+1. The Morgan fingerprint density at radius 3 is 2.79 bits per heavy atom. The smallest absolute Gasteiger partial charge is 0.362 e. The van der Waals surface area contributed by atoms with Crippen LogP contribution in [0.4, 0.5) is 4.39 Å². The molecule has 0 radical (unpaired) electrons. The van der Waals surface area contributed by atoms with Crippen LogP contribution in [0.1, 0.15) is 5.56 Å². The maximum Gasteiger partial charge on any atom is 0.362 e. The van der Waals surface area contributed by atoms with E-state index in [0.29, 0.717) is 0 Å². The predicted octanol–water partition coefficient (Wildman–Crippen LogP) is -0.231. The Balaban J connectivity index is 2.85. The molecule has 0 heterocycles. The maximum atomic E-state index is 13.1. The molecule has 1 rings (SSSR count). The summed E-state index contributed by atoms with van der Waals surface area (Å²) in [6, 6.07) is 2.60. The van der Waals surface area contributed by atoms with Gasteiger partial charge in [-0.3, -0.25) is 0 Å². The first kappa shape index (κ1) is 10.5. The molecule has 0 aliphatic heterocycles. The van der Waals surface area contributed by atoms with Crippen molar-refractivity contribution in [3.05, 3.63) is 29.6 Å². The second-order valence-corrected chi connectivity index (χ2v) is 3.01. The summed E-state index contributed by atoms with van der Waals surface area (Å²) < 4.78 is 13.1. The van der Waals surface area contributed by atoms with Gasteiger partial charge in [-0.05, 0) is 23.8 Å². The van der Waals surface area contributed by atoms with Crippen LogP contribution < -0.4 is 5.73 Å². The zero-order valence-electron chi connectivity index (χ0n) is 7.40. The van der Waals surface area contributed by atoms with Crippen molar-refractivity contribution in [2.24, 2.45) is 0 Å². The van der Waals surface area contributed by atoms with Crippen molar-refractivity contribution in [2.75, 3.05) is 0 Å². The summed E-state index contributed by atoms with van der Waals surface area (Å²) in [4.78, 5) is 10.5. The molecule has 1 aromatic rings. The van der Waals surface area contributed by atoms with Crippen molar-refractivity contribution in [1.29, 1.82) is 0 Å². The molecule has 1 unspecified atom stereocenters. The van der Waals surface area contributed by atoms with E-state index >= 15 is 0 Å². The van der Waals surface area contributed by atoms with Gasteiger partial charge in [0.05, 0.1) is 0 Å². The van der Waals surface area contributed by atoms with E-state index in [-0.39, 0.29) is 17.7 Å². The number of benzene rings is 1. The van der Waals surface area contributed by atoms with Gasteiger partial charge in [0.1, 0.15) is 11.6 Å². The monoisotopic (exact) mass is 200 g/mol. The van der Waals surface area contributed by atoms with Gasteiger partial charge in [-0.1, -0.05) is 0 Å². The second-order valence-electron chi connectivity index (χ2n) is 3.01. The molecular weight excluding hydrogens is 189 g/mol. The molecule has 0 saturated heterocycles. The number of quaternary nitrogens is 1. The number of aromatic hydroxyl groups is 1. The molecule has 0 saturated carbocycles. The number of carboxylic acid groups (broad SMARTS) is 1. The van der Waals surface area contributed by atoms with Gasteiger partial charge in [-0.15, -0.1) is 0 Å². The van der Waals surface area contributed by atoms with Crippen LogP contribution in [-0.2, 0) is 11.2 Å². The summed E-state index contributed by atoms with van der Waals surface area (Å²) in [5.41, 5.74) is 3.52. The van der Waals surface area contributed by atoms with E-state index in [2.05, 4.69) is 5.73 Å². The summed E-state index contributed by atoms with van der Waals surface area (Å²) in [5.74, 6) is -1.70. The SMILES string of the molecule is [NH3+]C(Cc1cc(O)ccc1F)C(=O)O. The first-order valence-electron chi connectivity index (χ1n) is 4.04. The quantitative estimate of drug-likeness (QED) is 0.630. The zero-order valence-corrected chi connectivity index (χ0v) is 7.40. The number of aliphatic carboxylic acids is 1. The van der Waals surface area contributed by atoms with Gasteiger partial charge in [0.15, 0.2) is 6.04 Å². The number of hydrogen-bond donors (Lipinski definition) is 3. The Morgan fingerprint density at radius 2 is 2.21 bits per heavy atom. The van der Waals surface area contributed by atoms with Crippen LogP contribution >= 0.6 is 0 Å². The lowest BCUT2D eigenvalue weighted by atomic mass is 10.1. The minimum atomic E-state index is -1.09. The van der Waals surface area contributed by atoms with Crippen LogP contribution in [-0.4, -0.2) is 22.2 Å². The van der Waals surface area contributed by atoms with Crippen LogP contribution in [0.15, 0.2) is 18.2 Å². The van der Waals surface area contributed by atoms with Crippen molar-refractivity contribution < 1.29 is 25.1 Å². The van der Waals surface area contributed by atoms with Gasteiger partial charge >= 0.3 is 5.97 Å². The van der Waals surface area contributed by atoms with Crippen molar-refractivity contribution in [3.63, 3.8) is 0 Å².